The van der Waals surface area contributed by atoms with Gasteiger partial charge in [0.25, 0.3) is 0 Å². The fourth-order valence-corrected chi connectivity index (χ4v) is 3.39. The van der Waals surface area contributed by atoms with E-state index < -0.39 is 0 Å². The summed E-state index contributed by atoms with van der Waals surface area (Å²) in [5.41, 5.74) is 2.02. The molecule has 1 aromatic heterocycles. The number of nitrogens with one attached hydrogen (secondary N) is 1. The van der Waals surface area contributed by atoms with E-state index in [4.69, 9.17) is 9.47 Å². The van der Waals surface area contributed by atoms with E-state index in [2.05, 4.69) is 22.4 Å². The molecule has 3 aromatic rings. The second kappa shape index (κ2) is 9.73. The first-order valence-electron chi connectivity index (χ1n) is 8.73. The van der Waals surface area contributed by atoms with Gasteiger partial charge >= 0.3 is 0 Å². The van der Waals surface area contributed by atoms with Crippen molar-refractivity contribution >= 4 is 17.2 Å². The maximum Gasteiger partial charge on any atom is 0.226 e. The lowest BCUT2D eigenvalue weighted by molar-refractivity contribution is -0.120. The van der Waals surface area contributed by atoms with Gasteiger partial charge in [-0.15, -0.1) is 11.3 Å². The third-order valence-corrected chi connectivity index (χ3v) is 4.77. The average molecular weight is 382 g/mol. The van der Waals surface area contributed by atoms with Crippen LogP contribution in [-0.2, 0) is 17.6 Å². The molecule has 3 rings (SSSR count). The van der Waals surface area contributed by atoms with Gasteiger partial charge in [0.15, 0.2) is 0 Å². The Balaban J connectivity index is 1.39. The number of thiazole rings is 1. The van der Waals surface area contributed by atoms with Crippen LogP contribution in [0.15, 0.2) is 60.0 Å². The minimum absolute atomic E-state index is 0.0548. The van der Waals surface area contributed by atoms with Gasteiger partial charge in [0.05, 0.1) is 30.8 Å². The Hall–Kier alpha value is -2.86. The Morgan fingerprint density at radius 2 is 1.93 bits per heavy atom. The van der Waals surface area contributed by atoms with Crippen molar-refractivity contribution in [3.8, 4) is 11.5 Å². The molecule has 0 saturated carbocycles. The maximum atomic E-state index is 12.1. The quantitative estimate of drug-likeness (QED) is 0.576. The van der Waals surface area contributed by atoms with E-state index in [9.17, 15) is 4.79 Å². The Morgan fingerprint density at radius 1 is 1.11 bits per heavy atom. The molecule has 140 valence electrons. The Kier molecular flexibility index (Phi) is 6.82. The number of aromatic nitrogens is 1. The lowest BCUT2D eigenvalue weighted by atomic mass is 10.2. The van der Waals surface area contributed by atoms with Crippen molar-refractivity contribution in [2.75, 3.05) is 20.3 Å². The van der Waals surface area contributed by atoms with Crippen molar-refractivity contribution in [2.45, 2.75) is 12.8 Å². The van der Waals surface area contributed by atoms with Crippen molar-refractivity contribution in [3.63, 3.8) is 0 Å². The lowest BCUT2D eigenvalue weighted by Gasteiger charge is -2.08. The molecule has 0 aliphatic carbocycles. The fourth-order valence-electron chi connectivity index (χ4n) is 2.56. The molecule has 0 atom stereocenters. The molecule has 0 saturated heterocycles. The maximum absolute atomic E-state index is 12.1. The zero-order valence-corrected chi connectivity index (χ0v) is 16.0. The van der Waals surface area contributed by atoms with Crippen LogP contribution in [-0.4, -0.2) is 31.2 Å². The molecule has 0 bridgehead atoms. The highest BCUT2D eigenvalue weighted by Gasteiger charge is 2.08. The first kappa shape index (κ1) is 18.9. The molecule has 1 heterocycles. The minimum Gasteiger partial charge on any atom is -0.497 e. The summed E-state index contributed by atoms with van der Waals surface area (Å²) in [5, 5.41) is 5.83. The summed E-state index contributed by atoms with van der Waals surface area (Å²) in [6, 6.07) is 17.6. The van der Waals surface area contributed by atoms with Crippen LogP contribution in [0.4, 0.5) is 0 Å². The molecular formula is C21H22N2O3S. The summed E-state index contributed by atoms with van der Waals surface area (Å²) >= 11 is 1.59. The van der Waals surface area contributed by atoms with Gasteiger partial charge in [-0.3, -0.25) is 4.79 Å². The number of nitrogens with zero attached hydrogens (tertiary/aromatic N) is 1. The number of rotatable bonds is 9. The highest BCUT2D eigenvalue weighted by atomic mass is 32.1. The standard InChI is InChI=1S/C21H22N2O3S/c1-25-18-8-5-9-19(14-18)26-11-10-22-20(24)13-17-15-27-21(23-17)12-16-6-3-2-4-7-16/h2-9,14-15H,10-13H2,1H3,(H,22,24). The van der Waals surface area contributed by atoms with Crippen LogP contribution >= 0.6 is 11.3 Å². The zero-order valence-electron chi connectivity index (χ0n) is 15.2. The molecule has 0 fully saturated rings. The van der Waals surface area contributed by atoms with Gasteiger partial charge in [-0.25, -0.2) is 4.98 Å². The van der Waals surface area contributed by atoms with Crippen molar-refractivity contribution in [1.29, 1.82) is 0 Å². The van der Waals surface area contributed by atoms with E-state index in [1.807, 2.05) is 47.8 Å². The van der Waals surface area contributed by atoms with Gasteiger partial charge < -0.3 is 14.8 Å². The largest absolute Gasteiger partial charge is 0.497 e. The smallest absolute Gasteiger partial charge is 0.226 e. The number of benzene rings is 2. The molecule has 0 aliphatic rings. The minimum atomic E-state index is -0.0548. The van der Waals surface area contributed by atoms with Gasteiger partial charge in [0.1, 0.15) is 18.1 Å². The highest BCUT2D eigenvalue weighted by Crippen LogP contribution is 2.18. The van der Waals surface area contributed by atoms with E-state index in [1.165, 1.54) is 5.56 Å². The summed E-state index contributed by atoms with van der Waals surface area (Å²) in [6.07, 6.45) is 1.08. The van der Waals surface area contributed by atoms with Crippen molar-refractivity contribution in [1.82, 2.24) is 10.3 Å². The van der Waals surface area contributed by atoms with E-state index in [0.717, 1.165) is 22.9 Å². The van der Waals surface area contributed by atoms with Gasteiger partial charge in [0, 0.05) is 17.9 Å². The second-order valence-electron chi connectivity index (χ2n) is 5.95. The molecule has 0 spiro atoms. The summed E-state index contributed by atoms with van der Waals surface area (Å²) in [6.45, 7) is 0.840. The van der Waals surface area contributed by atoms with E-state index >= 15 is 0 Å². The predicted octanol–water partition coefficient (Wildman–Crippen LogP) is 3.48. The van der Waals surface area contributed by atoms with Gasteiger partial charge in [-0.1, -0.05) is 36.4 Å². The van der Waals surface area contributed by atoms with E-state index in [-0.39, 0.29) is 12.3 Å². The van der Waals surface area contributed by atoms with Gasteiger partial charge in [-0.05, 0) is 17.7 Å². The monoisotopic (exact) mass is 382 g/mol. The van der Waals surface area contributed by atoms with Crippen LogP contribution in [0, 0.1) is 0 Å². The van der Waals surface area contributed by atoms with Crippen LogP contribution in [0.2, 0.25) is 0 Å². The molecule has 1 N–H and O–H groups in total. The van der Waals surface area contributed by atoms with Crippen LogP contribution in [0.3, 0.4) is 0 Å². The highest BCUT2D eigenvalue weighted by molar-refractivity contribution is 7.09. The van der Waals surface area contributed by atoms with Gasteiger partial charge in [-0.2, -0.15) is 0 Å². The third kappa shape index (κ3) is 6.11. The van der Waals surface area contributed by atoms with Gasteiger partial charge in [0.2, 0.25) is 5.91 Å². The Labute approximate surface area is 163 Å². The number of hydrogen-bond donors (Lipinski definition) is 1. The SMILES string of the molecule is COc1cccc(OCCNC(=O)Cc2csc(Cc3ccccc3)n2)c1. The first-order valence-corrected chi connectivity index (χ1v) is 9.61. The van der Waals surface area contributed by atoms with E-state index in [1.54, 1.807) is 18.4 Å². The number of ether oxygens (including phenoxy) is 2. The molecule has 27 heavy (non-hydrogen) atoms. The molecule has 1 amide bonds. The van der Waals surface area contributed by atoms with Crippen molar-refractivity contribution < 1.29 is 14.3 Å². The average Bonchev–Trinajstić information content (AvgIpc) is 3.13. The number of carbonyl (C=O) groups excluding carboxylic acids is 1. The van der Waals surface area contributed by atoms with Crippen LogP contribution in [0.1, 0.15) is 16.3 Å². The molecule has 0 unspecified atom stereocenters. The summed E-state index contributed by atoms with van der Waals surface area (Å²) in [5.74, 6) is 1.40. The van der Waals surface area contributed by atoms with Crippen LogP contribution < -0.4 is 14.8 Å². The fraction of sp³-hybridized carbons (Fsp3) is 0.238. The molecule has 0 radical (unpaired) electrons. The Bertz CT molecular complexity index is 865. The van der Waals surface area contributed by atoms with Crippen LogP contribution in [0.25, 0.3) is 0 Å². The van der Waals surface area contributed by atoms with Crippen molar-refractivity contribution in [2.24, 2.45) is 0 Å². The topological polar surface area (TPSA) is 60.5 Å². The number of hydrogen-bond acceptors (Lipinski definition) is 5. The molecule has 2 aromatic carbocycles. The second-order valence-corrected chi connectivity index (χ2v) is 6.89. The Morgan fingerprint density at radius 3 is 2.74 bits per heavy atom. The predicted molar refractivity (Wildman–Crippen MR) is 107 cm³/mol. The number of amides is 1. The molecule has 6 heteroatoms. The summed E-state index contributed by atoms with van der Waals surface area (Å²) < 4.78 is 10.8. The molecule has 5 nitrogen and oxygen atoms in total. The van der Waals surface area contributed by atoms with Crippen LogP contribution in [0.5, 0.6) is 11.5 Å². The number of carbonyl (C=O) groups is 1. The zero-order chi connectivity index (χ0) is 18.9. The summed E-state index contributed by atoms with van der Waals surface area (Å²) in [7, 11) is 1.61. The molecule has 0 aliphatic heterocycles. The summed E-state index contributed by atoms with van der Waals surface area (Å²) in [4.78, 5) is 16.6. The molecular weight excluding hydrogens is 360 g/mol. The third-order valence-electron chi connectivity index (χ3n) is 3.87. The van der Waals surface area contributed by atoms with E-state index in [0.29, 0.717) is 18.9 Å². The first-order chi connectivity index (χ1) is 13.2. The van der Waals surface area contributed by atoms with Crippen molar-refractivity contribution in [3.05, 3.63) is 76.2 Å². The number of methoxy groups -OCH3 is 1. The normalized spacial score (nSPS) is 10.4. The lowest BCUT2D eigenvalue weighted by Crippen LogP contribution is -2.29.